The van der Waals surface area contributed by atoms with Crippen LogP contribution in [0, 0.1) is 11.7 Å². The van der Waals surface area contributed by atoms with Crippen molar-refractivity contribution in [2.75, 3.05) is 6.54 Å². The van der Waals surface area contributed by atoms with Crippen LogP contribution in [0.5, 0.6) is 0 Å². The number of nitrogens with one attached hydrogen (secondary N) is 2. The van der Waals surface area contributed by atoms with Crippen molar-refractivity contribution in [3.05, 3.63) is 35.6 Å². The first-order valence-corrected chi connectivity index (χ1v) is 9.33. The van der Waals surface area contributed by atoms with E-state index in [1.165, 1.54) is 24.3 Å². The second-order valence-electron chi connectivity index (χ2n) is 7.75. The molecule has 0 spiro atoms. The molecule has 1 aromatic carbocycles. The van der Waals surface area contributed by atoms with Crippen molar-refractivity contribution < 1.29 is 18.8 Å². The first-order chi connectivity index (χ1) is 12.6. The molecule has 7 heteroatoms. The fraction of sp³-hybridized carbons (Fsp3) is 0.550. The summed E-state index contributed by atoms with van der Waals surface area (Å²) in [5.74, 6) is -0.717. The number of halogens is 1. The van der Waals surface area contributed by atoms with E-state index in [0.29, 0.717) is 11.5 Å². The summed E-state index contributed by atoms with van der Waals surface area (Å²) in [4.78, 5) is 38.2. The molecule has 148 valence electrons. The van der Waals surface area contributed by atoms with Crippen molar-refractivity contribution in [3.8, 4) is 0 Å². The van der Waals surface area contributed by atoms with Gasteiger partial charge in [-0.05, 0) is 43.9 Å². The molecule has 1 aliphatic heterocycles. The van der Waals surface area contributed by atoms with Gasteiger partial charge in [-0.25, -0.2) is 9.18 Å². The summed E-state index contributed by atoms with van der Waals surface area (Å²) in [7, 11) is 0. The van der Waals surface area contributed by atoms with Gasteiger partial charge in [0, 0.05) is 6.04 Å². The van der Waals surface area contributed by atoms with Crippen molar-refractivity contribution in [3.63, 3.8) is 0 Å². The van der Waals surface area contributed by atoms with Crippen molar-refractivity contribution >= 4 is 17.8 Å². The van der Waals surface area contributed by atoms with E-state index in [1.807, 2.05) is 6.92 Å². The van der Waals surface area contributed by atoms with Crippen molar-refractivity contribution in [2.24, 2.45) is 5.92 Å². The van der Waals surface area contributed by atoms with Crippen LogP contribution in [-0.4, -0.2) is 35.3 Å². The fourth-order valence-electron chi connectivity index (χ4n) is 3.19. The second kappa shape index (κ2) is 8.50. The number of carbonyl (C=O) groups excluding carboxylic acids is 3. The zero-order valence-electron chi connectivity index (χ0n) is 16.3. The Hall–Kier alpha value is -2.44. The van der Waals surface area contributed by atoms with Crippen LogP contribution in [0.2, 0.25) is 0 Å². The highest BCUT2D eigenvalue weighted by Crippen LogP contribution is 2.28. The predicted octanol–water partition coefficient (Wildman–Crippen LogP) is 2.92. The maximum atomic E-state index is 13.1. The minimum Gasteiger partial charge on any atom is -0.352 e. The minimum atomic E-state index is -1.31. The van der Waals surface area contributed by atoms with Crippen LogP contribution in [-0.2, 0) is 15.1 Å². The zero-order valence-corrected chi connectivity index (χ0v) is 16.3. The molecule has 4 amide bonds. The van der Waals surface area contributed by atoms with Gasteiger partial charge in [0.15, 0.2) is 0 Å². The highest BCUT2D eigenvalue weighted by atomic mass is 19.1. The SMILES string of the molecule is CC(C)CCC[C@@H](C)NC(=O)CN1C(=O)N[C@](C)(c2ccc(F)cc2)C1=O. The van der Waals surface area contributed by atoms with Gasteiger partial charge in [-0.1, -0.05) is 38.8 Å². The van der Waals surface area contributed by atoms with Crippen molar-refractivity contribution in [1.82, 2.24) is 15.5 Å². The number of benzene rings is 1. The standard InChI is InChI=1S/C20H28FN3O3/c1-13(2)6-5-7-14(3)22-17(25)12-24-18(26)20(4,23-19(24)27)15-8-10-16(21)11-9-15/h8-11,13-14H,5-7,12H2,1-4H3,(H,22,25)(H,23,27)/t14-,20-/m1/s1. The minimum absolute atomic E-state index is 0.0273. The summed E-state index contributed by atoms with van der Waals surface area (Å²) in [5, 5.41) is 5.44. The van der Waals surface area contributed by atoms with Gasteiger partial charge in [-0.15, -0.1) is 0 Å². The van der Waals surface area contributed by atoms with Crippen LogP contribution >= 0.6 is 0 Å². The number of imide groups is 1. The zero-order chi connectivity index (χ0) is 20.2. The van der Waals surface area contributed by atoms with Gasteiger partial charge in [0.05, 0.1) is 0 Å². The molecule has 0 bridgehead atoms. The molecule has 1 fully saturated rings. The number of nitrogens with zero attached hydrogens (tertiary/aromatic N) is 1. The predicted molar refractivity (Wildman–Crippen MR) is 100 cm³/mol. The Bertz CT molecular complexity index is 705. The van der Waals surface area contributed by atoms with E-state index >= 15 is 0 Å². The third-order valence-corrected chi connectivity index (χ3v) is 4.82. The number of rotatable bonds is 8. The van der Waals surface area contributed by atoms with Gasteiger partial charge >= 0.3 is 6.03 Å². The van der Waals surface area contributed by atoms with E-state index in [4.69, 9.17) is 0 Å². The topological polar surface area (TPSA) is 78.5 Å². The Morgan fingerprint density at radius 3 is 2.41 bits per heavy atom. The largest absolute Gasteiger partial charge is 0.352 e. The van der Waals surface area contributed by atoms with Crippen LogP contribution in [0.1, 0.15) is 52.5 Å². The smallest absolute Gasteiger partial charge is 0.325 e. The Kier molecular flexibility index (Phi) is 6.57. The third kappa shape index (κ3) is 5.05. The molecule has 6 nitrogen and oxygen atoms in total. The molecule has 1 aliphatic rings. The van der Waals surface area contributed by atoms with Gasteiger partial charge < -0.3 is 10.6 Å². The molecule has 0 aliphatic carbocycles. The van der Waals surface area contributed by atoms with Gasteiger partial charge in [-0.2, -0.15) is 0 Å². The lowest BCUT2D eigenvalue weighted by Gasteiger charge is -2.22. The summed E-state index contributed by atoms with van der Waals surface area (Å²) < 4.78 is 13.1. The normalized spacial score (nSPS) is 20.7. The molecule has 0 radical (unpaired) electrons. The van der Waals surface area contributed by atoms with Gasteiger partial charge in [-0.3, -0.25) is 14.5 Å². The third-order valence-electron chi connectivity index (χ3n) is 4.82. The summed E-state index contributed by atoms with van der Waals surface area (Å²) in [6.07, 6.45) is 2.94. The van der Waals surface area contributed by atoms with E-state index in [1.54, 1.807) is 6.92 Å². The molecule has 0 saturated carbocycles. The van der Waals surface area contributed by atoms with Crippen LogP contribution < -0.4 is 10.6 Å². The van der Waals surface area contributed by atoms with Gasteiger partial charge in [0.2, 0.25) is 5.91 Å². The lowest BCUT2D eigenvalue weighted by molar-refractivity contribution is -0.135. The van der Waals surface area contributed by atoms with Crippen LogP contribution in [0.15, 0.2) is 24.3 Å². The molecular formula is C20H28FN3O3. The van der Waals surface area contributed by atoms with Crippen molar-refractivity contribution in [1.29, 1.82) is 0 Å². The average Bonchev–Trinajstić information content (AvgIpc) is 2.79. The lowest BCUT2D eigenvalue weighted by atomic mass is 9.92. The van der Waals surface area contributed by atoms with E-state index in [-0.39, 0.29) is 18.5 Å². The van der Waals surface area contributed by atoms with Gasteiger partial charge in [0.1, 0.15) is 17.9 Å². The van der Waals surface area contributed by atoms with E-state index in [9.17, 15) is 18.8 Å². The van der Waals surface area contributed by atoms with Gasteiger partial charge in [0.25, 0.3) is 5.91 Å². The average molecular weight is 377 g/mol. The molecule has 2 rings (SSSR count). The highest BCUT2D eigenvalue weighted by Gasteiger charge is 2.49. The Morgan fingerprint density at radius 2 is 1.81 bits per heavy atom. The Labute approximate surface area is 159 Å². The number of carbonyl (C=O) groups is 3. The molecule has 0 aromatic heterocycles. The highest BCUT2D eigenvalue weighted by molar-refractivity contribution is 6.09. The molecule has 1 heterocycles. The molecule has 1 saturated heterocycles. The molecular weight excluding hydrogens is 349 g/mol. The number of hydrogen-bond acceptors (Lipinski definition) is 3. The quantitative estimate of drug-likeness (QED) is 0.684. The monoisotopic (exact) mass is 377 g/mol. The second-order valence-corrected chi connectivity index (χ2v) is 7.75. The molecule has 2 atom stereocenters. The summed E-state index contributed by atoms with van der Waals surface area (Å²) in [5.41, 5.74) is -0.847. The Morgan fingerprint density at radius 1 is 1.19 bits per heavy atom. The van der Waals surface area contributed by atoms with Crippen LogP contribution in [0.3, 0.4) is 0 Å². The van der Waals surface area contributed by atoms with Crippen LogP contribution in [0.25, 0.3) is 0 Å². The lowest BCUT2D eigenvalue weighted by Crippen LogP contribution is -2.45. The summed E-state index contributed by atoms with van der Waals surface area (Å²) in [6.45, 7) is 7.42. The number of urea groups is 1. The summed E-state index contributed by atoms with van der Waals surface area (Å²) >= 11 is 0. The van der Waals surface area contributed by atoms with Crippen LogP contribution in [0.4, 0.5) is 9.18 Å². The van der Waals surface area contributed by atoms with E-state index in [2.05, 4.69) is 24.5 Å². The first kappa shape index (κ1) is 20.9. The molecule has 0 unspecified atom stereocenters. The maximum absolute atomic E-state index is 13.1. The first-order valence-electron chi connectivity index (χ1n) is 9.33. The van der Waals surface area contributed by atoms with E-state index in [0.717, 1.165) is 24.2 Å². The molecule has 1 aromatic rings. The number of amides is 4. The number of hydrogen-bond donors (Lipinski definition) is 2. The summed E-state index contributed by atoms with van der Waals surface area (Å²) in [6, 6.07) is 4.71. The van der Waals surface area contributed by atoms with E-state index < -0.39 is 23.3 Å². The molecule has 27 heavy (non-hydrogen) atoms. The maximum Gasteiger partial charge on any atom is 0.325 e. The molecule has 2 N–H and O–H groups in total. The van der Waals surface area contributed by atoms with Crippen molar-refractivity contribution in [2.45, 2.75) is 58.5 Å². The Balaban J connectivity index is 1.96. The fourth-order valence-corrected chi connectivity index (χ4v) is 3.19.